The largest absolute Gasteiger partial charge is 4.00 e. The van der Waals surface area contributed by atoms with Gasteiger partial charge in [-0.2, -0.15) is 0 Å². The molecule has 0 saturated heterocycles. The summed E-state index contributed by atoms with van der Waals surface area (Å²) in [5.41, 5.74) is 0. The summed E-state index contributed by atoms with van der Waals surface area (Å²) in [4.78, 5) is 0. The maximum absolute atomic E-state index is 0. The van der Waals surface area contributed by atoms with Gasteiger partial charge in [0.1, 0.15) is 0 Å². The third kappa shape index (κ3) is 14.7. The van der Waals surface area contributed by atoms with Crippen molar-refractivity contribution in [3.05, 3.63) is 0 Å². The van der Waals surface area contributed by atoms with E-state index in [9.17, 15) is 0 Å². The van der Waals surface area contributed by atoms with Crippen LogP contribution in [0.1, 0.15) is 0 Å². The molecule has 0 bridgehead atoms. The van der Waals surface area contributed by atoms with Crippen LogP contribution in [0.2, 0.25) is 0 Å². The van der Waals surface area contributed by atoms with E-state index in [1.165, 1.54) is 0 Å². The smallest absolute Gasteiger partial charge is 2.00 e. The normalized spacial score (nSPS) is 0. The molecule has 0 rings (SSSR count). The second-order valence-electron chi connectivity index (χ2n) is 0. The van der Waals surface area contributed by atoms with Gasteiger partial charge in [-0.15, -0.1) is 0 Å². The van der Waals surface area contributed by atoms with Crippen molar-refractivity contribution in [1.82, 2.24) is 6.15 Å². The minimum Gasteiger partial charge on any atom is -2.00 e. The molecule has 0 unspecified atom stereocenters. The predicted octanol–water partition coefficient (Wildman–Crippen LogP) is -0.0781. The van der Waals surface area contributed by atoms with Crippen LogP contribution in [0.25, 0.3) is 0 Å². The minimum atomic E-state index is 0. The summed E-state index contributed by atoms with van der Waals surface area (Å²) in [5, 5.41) is 0. The average Bonchev–Trinajstić information content (AvgIpc) is 0. The first-order valence-electron chi connectivity index (χ1n) is 0. The van der Waals surface area contributed by atoms with Gasteiger partial charge in [0, 0.05) is 0 Å². The maximum Gasteiger partial charge on any atom is 4.00 e. The Morgan fingerprint density at radius 2 is 0.750 bits per heavy atom. The predicted molar refractivity (Wildman–Crippen MR) is 6.40 cm³/mol. The molecular weight excluding hydrogens is 137 g/mol. The zero-order valence-corrected chi connectivity index (χ0v) is 4.48. The van der Waals surface area contributed by atoms with Gasteiger partial charge in [-0.05, 0) is 0 Å². The van der Waals surface area contributed by atoms with Crippen molar-refractivity contribution < 1.29 is 37.2 Å². The number of hydrogen-bond acceptors (Lipinski definition) is 1. The monoisotopic (exact) mass is 139 g/mol. The van der Waals surface area contributed by atoms with Gasteiger partial charge in [0.05, 0.1) is 0 Å². The van der Waals surface area contributed by atoms with Gasteiger partial charge in [0.2, 0.25) is 0 Å². The van der Waals surface area contributed by atoms with E-state index < -0.39 is 0 Å². The van der Waals surface area contributed by atoms with Crippen molar-refractivity contribution in [2.24, 2.45) is 0 Å². The average molecular weight is 140 g/mol. The number of rotatable bonds is 0. The van der Waals surface area contributed by atoms with Crippen LogP contribution in [0.3, 0.4) is 0 Å². The van der Waals surface area contributed by atoms with Gasteiger partial charge in [-0.25, -0.2) is 0 Å². The van der Waals surface area contributed by atoms with Crippen LogP contribution < -0.4 is 6.15 Å². The van der Waals surface area contributed by atoms with Crippen molar-refractivity contribution in [2.45, 2.75) is 0 Å². The molecule has 4 heavy (non-hydrogen) atoms. The van der Waals surface area contributed by atoms with Crippen LogP contribution >= 0.6 is 0 Å². The Morgan fingerprint density at radius 1 is 0.750 bits per heavy atom. The van der Waals surface area contributed by atoms with E-state index in [1.807, 2.05) is 0 Å². The SMILES string of the molecule is N.[O-2].[O-2].[Zr+4]. The van der Waals surface area contributed by atoms with E-state index in [4.69, 9.17) is 0 Å². The summed E-state index contributed by atoms with van der Waals surface area (Å²) in [6.45, 7) is 0. The summed E-state index contributed by atoms with van der Waals surface area (Å²) in [7, 11) is 0. The minimum absolute atomic E-state index is 0. The molecule has 0 radical (unpaired) electrons. The number of hydrogen-bond donors (Lipinski definition) is 1. The molecular formula is H3NO2Zr. The van der Waals surface area contributed by atoms with Gasteiger partial charge >= 0.3 is 26.2 Å². The van der Waals surface area contributed by atoms with E-state index in [2.05, 4.69) is 0 Å². The summed E-state index contributed by atoms with van der Waals surface area (Å²) in [6, 6.07) is 0. The maximum atomic E-state index is 0. The van der Waals surface area contributed by atoms with Crippen molar-refractivity contribution in [3.63, 3.8) is 0 Å². The van der Waals surface area contributed by atoms with E-state index in [0.717, 1.165) is 0 Å². The zero-order chi connectivity index (χ0) is 0. The van der Waals surface area contributed by atoms with Crippen LogP contribution in [-0.4, -0.2) is 0 Å². The molecule has 24 valence electrons. The molecule has 0 aliphatic heterocycles. The quantitative estimate of drug-likeness (QED) is 0.501. The molecule has 3 N–H and O–H groups in total. The van der Waals surface area contributed by atoms with Crippen molar-refractivity contribution >= 4 is 0 Å². The Kier molecular flexibility index (Phi) is 1430. The van der Waals surface area contributed by atoms with Gasteiger partial charge < -0.3 is 17.1 Å². The summed E-state index contributed by atoms with van der Waals surface area (Å²) >= 11 is 0. The molecule has 0 aromatic carbocycles. The fourth-order valence-corrected chi connectivity index (χ4v) is 0. The second kappa shape index (κ2) is 49.3. The first kappa shape index (κ1) is 116. The van der Waals surface area contributed by atoms with E-state index >= 15 is 0 Å². The Bertz CT molecular complexity index is 6.00. The Morgan fingerprint density at radius 3 is 0.750 bits per heavy atom. The zero-order valence-electron chi connectivity index (χ0n) is 2.02. The van der Waals surface area contributed by atoms with E-state index in [1.54, 1.807) is 0 Å². The Hall–Kier alpha value is 0.763. The topological polar surface area (TPSA) is 92.0 Å². The van der Waals surface area contributed by atoms with Crippen molar-refractivity contribution in [2.75, 3.05) is 0 Å². The molecule has 4 heteroatoms. The van der Waals surface area contributed by atoms with Crippen molar-refractivity contribution in [3.8, 4) is 0 Å². The molecule has 0 aliphatic carbocycles. The molecule has 0 saturated carbocycles. The molecule has 0 amide bonds. The Labute approximate surface area is 43.7 Å². The molecule has 0 aromatic heterocycles. The Balaban J connectivity index is 0. The molecule has 0 aliphatic rings. The van der Waals surface area contributed by atoms with Gasteiger partial charge in [0.25, 0.3) is 0 Å². The second-order valence-corrected chi connectivity index (χ2v) is 0. The standard InChI is InChI=1S/H3N.2O.Zr/h1H3;;;/q;2*-2;+4. The van der Waals surface area contributed by atoms with E-state index in [0.29, 0.717) is 0 Å². The summed E-state index contributed by atoms with van der Waals surface area (Å²) in [6.07, 6.45) is 0. The van der Waals surface area contributed by atoms with Gasteiger partial charge in [-0.3, -0.25) is 0 Å². The fourth-order valence-electron chi connectivity index (χ4n) is 0. The molecule has 0 aromatic rings. The molecule has 0 fully saturated rings. The van der Waals surface area contributed by atoms with Gasteiger partial charge in [-0.1, -0.05) is 0 Å². The van der Waals surface area contributed by atoms with Crippen LogP contribution in [0.15, 0.2) is 0 Å². The van der Waals surface area contributed by atoms with Crippen LogP contribution in [0.5, 0.6) is 0 Å². The van der Waals surface area contributed by atoms with E-state index in [-0.39, 0.29) is 43.3 Å². The molecule has 0 heterocycles. The third-order valence-corrected chi connectivity index (χ3v) is 0. The van der Waals surface area contributed by atoms with Crippen LogP contribution in [0, 0.1) is 0 Å². The van der Waals surface area contributed by atoms with Crippen LogP contribution in [-0.2, 0) is 37.2 Å². The van der Waals surface area contributed by atoms with Crippen molar-refractivity contribution in [1.29, 1.82) is 0 Å². The molecule has 0 atom stereocenters. The molecule has 3 nitrogen and oxygen atoms in total. The summed E-state index contributed by atoms with van der Waals surface area (Å²) in [5.74, 6) is 0. The first-order valence-corrected chi connectivity index (χ1v) is 0. The summed E-state index contributed by atoms with van der Waals surface area (Å²) < 4.78 is 0. The van der Waals surface area contributed by atoms with Crippen LogP contribution in [0.4, 0.5) is 0 Å². The molecule has 0 spiro atoms. The third-order valence-electron chi connectivity index (χ3n) is 0. The fraction of sp³-hybridized carbons (Fsp3) is 0. The first-order chi connectivity index (χ1) is 0. The van der Waals surface area contributed by atoms with Gasteiger partial charge in [0.15, 0.2) is 0 Å².